The number of hydrogen-bond acceptors (Lipinski definition) is 3. The third-order valence-electron chi connectivity index (χ3n) is 1.82. The fourth-order valence-electron chi connectivity index (χ4n) is 1.20. The van der Waals surface area contributed by atoms with E-state index in [0.717, 1.165) is 0 Å². The molecule has 13 heavy (non-hydrogen) atoms. The van der Waals surface area contributed by atoms with Crippen LogP contribution in [0.25, 0.3) is 11.0 Å². The summed E-state index contributed by atoms with van der Waals surface area (Å²) in [5.41, 5.74) is 0.795. The Balaban J connectivity index is 2.93. The van der Waals surface area contributed by atoms with Gasteiger partial charge in [0.25, 0.3) is 0 Å². The second-order valence-corrected chi connectivity index (χ2v) is 3.43. The van der Waals surface area contributed by atoms with Crippen LogP contribution in [0.4, 0.5) is 0 Å². The van der Waals surface area contributed by atoms with Gasteiger partial charge in [-0.15, -0.1) is 0 Å². The number of halogens is 1. The zero-order valence-electron chi connectivity index (χ0n) is 6.45. The van der Waals surface area contributed by atoms with Crippen molar-refractivity contribution >= 4 is 33.2 Å². The van der Waals surface area contributed by atoms with Crippen molar-refractivity contribution in [3.8, 4) is 5.75 Å². The van der Waals surface area contributed by atoms with Crippen molar-refractivity contribution < 1.29 is 14.3 Å². The van der Waals surface area contributed by atoms with Crippen molar-refractivity contribution in [3.05, 3.63) is 28.4 Å². The number of aldehydes is 1. The molecule has 2 rings (SSSR count). The number of benzene rings is 1. The molecule has 2 aromatic rings. The maximum absolute atomic E-state index is 10.5. The van der Waals surface area contributed by atoms with Gasteiger partial charge in [0, 0.05) is 0 Å². The molecular weight excluding hydrogens is 236 g/mol. The number of carbonyl (C=O) groups is 1. The van der Waals surface area contributed by atoms with E-state index in [9.17, 15) is 9.90 Å². The van der Waals surface area contributed by atoms with Crippen LogP contribution in [0.2, 0.25) is 0 Å². The predicted molar refractivity (Wildman–Crippen MR) is 51.0 cm³/mol. The maximum Gasteiger partial charge on any atom is 0.153 e. The summed E-state index contributed by atoms with van der Waals surface area (Å²) < 4.78 is 5.77. The number of hydrogen-bond donors (Lipinski definition) is 1. The summed E-state index contributed by atoms with van der Waals surface area (Å²) in [5.74, 6) is -0.0399. The molecule has 0 atom stereocenters. The summed E-state index contributed by atoms with van der Waals surface area (Å²) in [6, 6.07) is 3.14. The molecule has 1 aromatic heterocycles. The summed E-state index contributed by atoms with van der Waals surface area (Å²) >= 11 is 3.24. The zero-order chi connectivity index (χ0) is 9.42. The Kier molecular flexibility index (Phi) is 1.84. The van der Waals surface area contributed by atoms with E-state index in [0.29, 0.717) is 21.7 Å². The highest BCUT2D eigenvalue weighted by atomic mass is 79.9. The summed E-state index contributed by atoms with van der Waals surface area (Å²) in [5, 5.41) is 10.1. The van der Waals surface area contributed by atoms with Crippen molar-refractivity contribution in [2.24, 2.45) is 0 Å². The third kappa shape index (κ3) is 1.14. The van der Waals surface area contributed by atoms with Gasteiger partial charge in [0.2, 0.25) is 0 Å². The molecule has 1 aromatic carbocycles. The Labute approximate surface area is 82.1 Å². The highest BCUT2D eigenvalue weighted by molar-refractivity contribution is 9.10. The van der Waals surface area contributed by atoms with Crippen LogP contribution in [-0.2, 0) is 0 Å². The first-order valence-corrected chi connectivity index (χ1v) is 4.37. The van der Waals surface area contributed by atoms with Crippen LogP contribution in [-0.4, -0.2) is 11.4 Å². The Morgan fingerprint density at radius 3 is 3.00 bits per heavy atom. The first-order valence-electron chi connectivity index (χ1n) is 3.58. The van der Waals surface area contributed by atoms with E-state index in [1.807, 2.05) is 0 Å². The van der Waals surface area contributed by atoms with Gasteiger partial charge in [-0.2, -0.15) is 0 Å². The molecule has 3 nitrogen and oxygen atoms in total. The number of furan rings is 1. The lowest BCUT2D eigenvalue weighted by molar-refractivity contribution is 0.112. The fourth-order valence-corrected chi connectivity index (χ4v) is 1.75. The predicted octanol–water partition coefficient (Wildman–Crippen LogP) is 2.71. The molecule has 0 aliphatic heterocycles. The average molecular weight is 241 g/mol. The van der Waals surface area contributed by atoms with Crippen LogP contribution >= 0.6 is 15.9 Å². The molecule has 1 N–H and O–H groups in total. The van der Waals surface area contributed by atoms with E-state index in [1.165, 1.54) is 12.3 Å². The third-order valence-corrected chi connectivity index (χ3v) is 2.41. The number of fused-ring (bicyclic) bond motifs is 1. The molecule has 0 amide bonds. The fraction of sp³-hybridized carbons (Fsp3) is 0. The molecule has 4 heteroatoms. The molecule has 0 saturated heterocycles. The zero-order valence-corrected chi connectivity index (χ0v) is 8.04. The van der Waals surface area contributed by atoms with E-state index in [4.69, 9.17) is 4.42 Å². The molecule has 0 aliphatic carbocycles. The van der Waals surface area contributed by atoms with Crippen molar-refractivity contribution in [2.45, 2.75) is 0 Å². The first kappa shape index (κ1) is 8.31. The van der Waals surface area contributed by atoms with Crippen molar-refractivity contribution in [1.29, 1.82) is 0 Å². The molecule has 0 unspecified atom stereocenters. The second-order valence-electron chi connectivity index (χ2n) is 2.58. The van der Waals surface area contributed by atoms with Gasteiger partial charge in [0.05, 0.1) is 21.7 Å². The van der Waals surface area contributed by atoms with E-state index < -0.39 is 0 Å². The number of aromatic hydroxyl groups is 1. The lowest BCUT2D eigenvalue weighted by atomic mass is 10.1. The van der Waals surface area contributed by atoms with E-state index in [-0.39, 0.29) is 11.3 Å². The smallest absolute Gasteiger partial charge is 0.153 e. The maximum atomic E-state index is 10.5. The van der Waals surface area contributed by atoms with Gasteiger partial charge in [-0.1, -0.05) is 0 Å². The topological polar surface area (TPSA) is 50.4 Å². The number of phenolic OH excluding ortho intramolecular Hbond substituents is 1. The van der Waals surface area contributed by atoms with Crippen LogP contribution in [0, 0.1) is 0 Å². The molecule has 0 radical (unpaired) electrons. The van der Waals surface area contributed by atoms with Crippen LogP contribution < -0.4 is 0 Å². The molecule has 0 aliphatic rings. The number of rotatable bonds is 1. The summed E-state index contributed by atoms with van der Waals surface area (Å²) in [6.07, 6.45) is 2.07. The quantitative estimate of drug-likeness (QED) is 0.781. The second kappa shape index (κ2) is 2.88. The normalized spacial score (nSPS) is 10.5. The average Bonchev–Trinajstić information content (AvgIpc) is 2.60. The van der Waals surface area contributed by atoms with E-state index in [1.54, 1.807) is 6.07 Å². The lowest BCUT2D eigenvalue weighted by Gasteiger charge is -1.99. The largest absolute Gasteiger partial charge is 0.506 e. The number of phenols is 1. The highest BCUT2D eigenvalue weighted by Gasteiger charge is 2.11. The standard InChI is InChI=1S/C9H5BrO3/c10-7-3-5(4-11)8(12)6-1-2-13-9(6)7/h1-4,12H. The summed E-state index contributed by atoms with van der Waals surface area (Å²) in [4.78, 5) is 10.5. The van der Waals surface area contributed by atoms with Crippen LogP contribution in [0.15, 0.2) is 27.3 Å². The molecule has 0 spiro atoms. The molecular formula is C9H5BrO3. The first-order chi connectivity index (χ1) is 6.24. The van der Waals surface area contributed by atoms with E-state index in [2.05, 4.69) is 15.9 Å². The Morgan fingerprint density at radius 1 is 1.54 bits per heavy atom. The van der Waals surface area contributed by atoms with Crippen molar-refractivity contribution in [1.82, 2.24) is 0 Å². The van der Waals surface area contributed by atoms with E-state index >= 15 is 0 Å². The van der Waals surface area contributed by atoms with Gasteiger partial charge < -0.3 is 9.52 Å². The minimum Gasteiger partial charge on any atom is -0.506 e. The Hall–Kier alpha value is -1.29. The van der Waals surface area contributed by atoms with Crippen LogP contribution in [0.1, 0.15) is 10.4 Å². The van der Waals surface area contributed by atoms with Crippen LogP contribution in [0.3, 0.4) is 0 Å². The molecule has 66 valence electrons. The van der Waals surface area contributed by atoms with Gasteiger partial charge in [-0.25, -0.2) is 0 Å². The monoisotopic (exact) mass is 240 g/mol. The lowest BCUT2D eigenvalue weighted by Crippen LogP contribution is -1.82. The van der Waals surface area contributed by atoms with Gasteiger partial charge in [0.15, 0.2) is 11.9 Å². The molecule has 1 heterocycles. The minimum absolute atomic E-state index is 0.0399. The van der Waals surface area contributed by atoms with Crippen LogP contribution in [0.5, 0.6) is 5.75 Å². The van der Waals surface area contributed by atoms with Crippen molar-refractivity contribution in [2.75, 3.05) is 0 Å². The van der Waals surface area contributed by atoms with Crippen molar-refractivity contribution in [3.63, 3.8) is 0 Å². The van der Waals surface area contributed by atoms with Gasteiger partial charge in [-0.3, -0.25) is 4.79 Å². The summed E-state index contributed by atoms with van der Waals surface area (Å²) in [6.45, 7) is 0. The van der Waals surface area contributed by atoms with Gasteiger partial charge in [-0.05, 0) is 28.1 Å². The molecule has 0 saturated carbocycles. The van der Waals surface area contributed by atoms with Gasteiger partial charge in [0.1, 0.15) is 5.75 Å². The Morgan fingerprint density at radius 2 is 2.31 bits per heavy atom. The SMILES string of the molecule is O=Cc1cc(Br)c2occc2c1O. The highest BCUT2D eigenvalue weighted by Crippen LogP contribution is 2.34. The summed E-state index contributed by atoms with van der Waals surface area (Å²) in [7, 11) is 0. The molecule has 0 fully saturated rings. The number of carbonyl (C=O) groups excluding carboxylic acids is 1. The minimum atomic E-state index is -0.0399. The van der Waals surface area contributed by atoms with Gasteiger partial charge >= 0.3 is 0 Å². The Bertz CT molecular complexity index is 473. The molecule has 0 bridgehead atoms.